The summed E-state index contributed by atoms with van der Waals surface area (Å²) in [5.74, 6) is -0.0731. The van der Waals surface area contributed by atoms with E-state index in [1.165, 1.54) is 11.3 Å². The van der Waals surface area contributed by atoms with E-state index in [-0.39, 0.29) is 12.0 Å². The van der Waals surface area contributed by atoms with E-state index >= 15 is 0 Å². The molecular weight excluding hydrogens is 286 g/mol. The molecule has 0 aliphatic carbocycles. The Morgan fingerprint density at radius 1 is 1.58 bits per heavy atom. The number of rotatable bonds is 7. The van der Waals surface area contributed by atoms with Gasteiger partial charge < -0.3 is 14.8 Å². The quantitative estimate of drug-likeness (QED) is 0.788. The maximum atomic E-state index is 11.7. The van der Waals surface area contributed by atoms with Gasteiger partial charge in [-0.15, -0.1) is 11.3 Å². The lowest BCUT2D eigenvalue weighted by Gasteiger charge is -2.10. The third kappa shape index (κ3) is 5.10. The van der Waals surface area contributed by atoms with E-state index in [4.69, 9.17) is 21.1 Å². The molecular formula is C13H18ClNO3S. The summed E-state index contributed by atoms with van der Waals surface area (Å²) in [5.41, 5.74) is 0. The lowest BCUT2D eigenvalue weighted by Crippen LogP contribution is -2.25. The minimum Gasteiger partial charge on any atom is -0.379 e. The molecule has 4 nitrogen and oxygen atoms in total. The largest absolute Gasteiger partial charge is 0.379 e. The van der Waals surface area contributed by atoms with Crippen LogP contribution in [0.25, 0.3) is 0 Å². The van der Waals surface area contributed by atoms with Crippen molar-refractivity contribution >= 4 is 28.8 Å². The smallest absolute Gasteiger partial charge is 0.261 e. The third-order valence-corrected chi connectivity index (χ3v) is 4.11. The topological polar surface area (TPSA) is 47.6 Å². The second kappa shape index (κ2) is 7.85. The summed E-state index contributed by atoms with van der Waals surface area (Å²) in [6, 6.07) is 3.46. The standard InChI is InChI=1S/C13H18ClNO3S/c14-12-5-4-11(19-12)13(16)15-6-2-7-17-9-10-3-1-8-18-10/h4-5,10H,1-3,6-9H2,(H,15,16)/t10-/m0/s1. The monoisotopic (exact) mass is 303 g/mol. The highest BCUT2D eigenvalue weighted by molar-refractivity contribution is 7.17. The number of ether oxygens (including phenoxy) is 2. The molecule has 1 atom stereocenters. The molecule has 1 N–H and O–H groups in total. The summed E-state index contributed by atoms with van der Waals surface area (Å²) in [6.07, 6.45) is 3.30. The van der Waals surface area contributed by atoms with Gasteiger partial charge in [-0.3, -0.25) is 4.79 Å². The molecule has 0 bridgehead atoms. The summed E-state index contributed by atoms with van der Waals surface area (Å²) in [5, 5.41) is 2.84. The maximum Gasteiger partial charge on any atom is 0.261 e. The van der Waals surface area contributed by atoms with Gasteiger partial charge in [0, 0.05) is 19.8 Å². The molecule has 6 heteroatoms. The van der Waals surface area contributed by atoms with Crippen molar-refractivity contribution in [3.05, 3.63) is 21.3 Å². The van der Waals surface area contributed by atoms with Gasteiger partial charge in [0.15, 0.2) is 0 Å². The number of amides is 1. The first-order valence-corrected chi connectivity index (χ1v) is 7.68. The summed E-state index contributed by atoms with van der Waals surface area (Å²) < 4.78 is 11.6. The van der Waals surface area contributed by atoms with Crippen LogP contribution in [0.4, 0.5) is 0 Å². The second-order valence-electron chi connectivity index (χ2n) is 4.42. The third-order valence-electron chi connectivity index (χ3n) is 2.88. The van der Waals surface area contributed by atoms with Crippen LogP contribution < -0.4 is 5.32 Å². The Kier molecular flexibility index (Phi) is 6.10. The molecule has 1 aliphatic heterocycles. The van der Waals surface area contributed by atoms with Crippen molar-refractivity contribution in [3.63, 3.8) is 0 Å². The first-order valence-electron chi connectivity index (χ1n) is 6.48. The second-order valence-corrected chi connectivity index (χ2v) is 6.14. The fourth-order valence-electron chi connectivity index (χ4n) is 1.89. The highest BCUT2D eigenvalue weighted by Gasteiger charge is 2.15. The molecule has 19 heavy (non-hydrogen) atoms. The zero-order chi connectivity index (χ0) is 13.5. The zero-order valence-corrected chi connectivity index (χ0v) is 12.3. The first-order chi connectivity index (χ1) is 9.25. The Balaban J connectivity index is 1.50. The minimum atomic E-state index is -0.0731. The number of carbonyl (C=O) groups is 1. The van der Waals surface area contributed by atoms with Crippen molar-refractivity contribution < 1.29 is 14.3 Å². The normalized spacial score (nSPS) is 18.7. The van der Waals surface area contributed by atoms with Gasteiger partial charge in [0.05, 0.1) is 21.9 Å². The van der Waals surface area contributed by atoms with Crippen LogP contribution in [0.1, 0.15) is 28.9 Å². The molecule has 0 aromatic carbocycles. The van der Waals surface area contributed by atoms with Crippen LogP contribution in [-0.2, 0) is 9.47 Å². The molecule has 1 saturated heterocycles. The molecule has 0 unspecified atom stereocenters. The van der Waals surface area contributed by atoms with Crippen LogP contribution in [0.2, 0.25) is 4.34 Å². The number of carbonyl (C=O) groups excluding carboxylic acids is 1. The molecule has 1 aliphatic rings. The van der Waals surface area contributed by atoms with Gasteiger partial charge in [0.25, 0.3) is 5.91 Å². The molecule has 1 fully saturated rings. The van der Waals surface area contributed by atoms with E-state index in [1.54, 1.807) is 12.1 Å². The van der Waals surface area contributed by atoms with Gasteiger partial charge in [-0.1, -0.05) is 11.6 Å². The van der Waals surface area contributed by atoms with E-state index in [0.717, 1.165) is 25.9 Å². The molecule has 0 radical (unpaired) electrons. The van der Waals surface area contributed by atoms with Gasteiger partial charge in [0.1, 0.15) is 0 Å². The Morgan fingerprint density at radius 2 is 2.47 bits per heavy atom. The van der Waals surface area contributed by atoms with Crippen molar-refractivity contribution in [3.8, 4) is 0 Å². The lowest BCUT2D eigenvalue weighted by molar-refractivity contribution is 0.0166. The van der Waals surface area contributed by atoms with Gasteiger partial charge >= 0.3 is 0 Å². The summed E-state index contributed by atoms with van der Waals surface area (Å²) in [6.45, 7) is 2.77. The summed E-state index contributed by atoms with van der Waals surface area (Å²) in [7, 11) is 0. The van der Waals surface area contributed by atoms with Crippen molar-refractivity contribution in [2.75, 3.05) is 26.4 Å². The van der Waals surface area contributed by atoms with E-state index in [0.29, 0.717) is 29.0 Å². The van der Waals surface area contributed by atoms with E-state index in [1.807, 2.05) is 0 Å². The Labute approximate surface area is 122 Å². The van der Waals surface area contributed by atoms with Crippen molar-refractivity contribution in [1.29, 1.82) is 0 Å². The predicted molar refractivity (Wildman–Crippen MR) is 76.1 cm³/mol. The van der Waals surface area contributed by atoms with Crippen LogP contribution >= 0.6 is 22.9 Å². The molecule has 2 heterocycles. The first kappa shape index (κ1) is 14.8. The lowest BCUT2D eigenvalue weighted by atomic mass is 10.2. The minimum absolute atomic E-state index is 0.0731. The molecule has 1 aromatic heterocycles. The average molecular weight is 304 g/mol. The molecule has 1 aromatic rings. The van der Waals surface area contributed by atoms with Crippen LogP contribution in [0, 0.1) is 0 Å². The SMILES string of the molecule is O=C(NCCCOC[C@@H]1CCCO1)c1ccc(Cl)s1. The predicted octanol–water partition coefficient (Wildman–Crippen LogP) is 2.72. The summed E-state index contributed by atoms with van der Waals surface area (Å²) in [4.78, 5) is 12.3. The molecule has 1 amide bonds. The van der Waals surface area contributed by atoms with Crippen LogP contribution in [0.15, 0.2) is 12.1 Å². The van der Waals surface area contributed by atoms with Gasteiger partial charge in [-0.25, -0.2) is 0 Å². The van der Waals surface area contributed by atoms with Gasteiger partial charge in [-0.2, -0.15) is 0 Å². The zero-order valence-electron chi connectivity index (χ0n) is 10.7. The number of hydrogen-bond acceptors (Lipinski definition) is 4. The number of thiophene rings is 1. The number of halogens is 1. The van der Waals surface area contributed by atoms with E-state index in [2.05, 4.69) is 5.32 Å². The Morgan fingerprint density at radius 3 is 3.16 bits per heavy atom. The number of nitrogens with one attached hydrogen (secondary N) is 1. The highest BCUT2D eigenvalue weighted by atomic mass is 35.5. The van der Waals surface area contributed by atoms with Crippen LogP contribution in [-0.4, -0.2) is 38.4 Å². The highest BCUT2D eigenvalue weighted by Crippen LogP contribution is 2.21. The Bertz CT molecular complexity index is 404. The van der Waals surface area contributed by atoms with Crippen molar-refractivity contribution in [1.82, 2.24) is 5.32 Å². The van der Waals surface area contributed by atoms with Crippen molar-refractivity contribution in [2.24, 2.45) is 0 Å². The molecule has 2 rings (SSSR count). The summed E-state index contributed by atoms with van der Waals surface area (Å²) >= 11 is 7.06. The Hall–Kier alpha value is -0.620. The van der Waals surface area contributed by atoms with Gasteiger partial charge in [-0.05, 0) is 31.4 Å². The van der Waals surface area contributed by atoms with Crippen molar-refractivity contribution in [2.45, 2.75) is 25.4 Å². The number of hydrogen-bond donors (Lipinski definition) is 1. The van der Waals surface area contributed by atoms with Crippen LogP contribution in [0.5, 0.6) is 0 Å². The average Bonchev–Trinajstić information content (AvgIpc) is 3.04. The van der Waals surface area contributed by atoms with Gasteiger partial charge in [0.2, 0.25) is 0 Å². The maximum absolute atomic E-state index is 11.7. The van der Waals surface area contributed by atoms with Crippen LogP contribution in [0.3, 0.4) is 0 Å². The fourth-order valence-corrected chi connectivity index (χ4v) is 2.85. The molecule has 0 saturated carbocycles. The molecule has 106 valence electrons. The van der Waals surface area contributed by atoms with E-state index < -0.39 is 0 Å². The molecule has 0 spiro atoms. The van der Waals surface area contributed by atoms with E-state index in [9.17, 15) is 4.79 Å². The fraction of sp³-hybridized carbons (Fsp3) is 0.615.